The van der Waals surface area contributed by atoms with Crippen LogP contribution in [0.2, 0.25) is 0 Å². The van der Waals surface area contributed by atoms with Gasteiger partial charge in [0.15, 0.2) is 5.78 Å². The maximum absolute atomic E-state index is 12.6. The lowest BCUT2D eigenvalue weighted by atomic mass is 9.91. The number of hydrogen-bond acceptors (Lipinski definition) is 3. The van der Waals surface area contributed by atoms with Crippen LogP contribution in [0, 0.1) is 5.92 Å². The lowest BCUT2D eigenvalue weighted by Gasteiger charge is -2.36. The molecule has 1 aliphatic rings. The number of aryl methyl sites for hydroxylation is 1. The molecule has 114 valence electrons. The van der Waals surface area contributed by atoms with E-state index in [0.717, 1.165) is 0 Å². The lowest BCUT2D eigenvalue weighted by molar-refractivity contribution is -0.143. The fourth-order valence-corrected chi connectivity index (χ4v) is 2.81. The topological polar surface area (TPSA) is 79.6 Å². The van der Waals surface area contributed by atoms with Crippen LogP contribution in [0.3, 0.4) is 0 Å². The summed E-state index contributed by atoms with van der Waals surface area (Å²) >= 11 is 0. The summed E-state index contributed by atoms with van der Waals surface area (Å²) in [6.45, 7) is 3.75. The van der Waals surface area contributed by atoms with Crippen LogP contribution in [0.5, 0.6) is 0 Å². The van der Waals surface area contributed by atoms with Crippen LogP contribution >= 0.6 is 0 Å². The third-order valence-corrected chi connectivity index (χ3v) is 4.12. The van der Waals surface area contributed by atoms with E-state index in [-0.39, 0.29) is 23.7 Å². The second kappa shape index (κ2) is 5.71. The van der Waals surface area contributed by atoms with Crippen molar-refractivity contribution in [1.29, 1.82) is 0 Å². The zero-order chi connectivity index (χ0) is 15.7. The Morgan fingerprint density at radius 1 is 1.33 bits per heavy atom. The molecule has 1 amide bonds. The summed E-state index contributed by atoms with van der Waals surface area (Å²) in [6, 6.07) is 1.48. The first-order valence-electron chi connectivity index (χ1n) is 7.02. The van der Waals surface area contributed by atoms with Crippen molar-refractivity contribution in [3.63, 3.8) is 0 Å². The highest BCUT2D eigenvalue weighted by Gasteiger charge is 2.33. The second-order valence-corrected chi connectivity index (χ2v) is 5.69. The molecule has 1 aromatic heterocycles. The Labute approximate surface area is 123 Å². The van der Waals surface area contributed by atoms with Crippen LogP contribution in [0.1, 0.15) is 47.5 Å². The molecule has 21 heavy (non-hydrogen) atoms. The smallest absolute Gasteiger partial charge is 0.306 e. The largest absolute Gasteiger partial charge is 0.481 e. The standard InChI is InChI=1S/C15H20N2O4/c1-9-6-11(15(20)21)4-5-17(9)14(19)13-7-12(10(2)18)8-16(13)3/h7-9,11H,4-6H2,1-3H3,(H,20,21). The minimum Gasteiger partial charge on any atom is -0.481 e. The molecule has 2 rings (SSSR count). The van der Waals surface area contributed by atoms with Gasteiger partial charge >= 0.3 is 5.97 Å². The number of carbonyl (C=O) groups is 3. The number of nitrogens with zero attached hydrogens (tertiary/aromatic N) is 2. The summed E-state index contributed by atoms with van der Waals surface area (Å²) in [4.78, 5) is 36.7. The van der Waals surface area contributed by atoms with Gasteiger partial charge in [-0.05, 0) is 32.8 Å². The Bertz CT molecular complexity index is 590. The van der Waals surface area contributed by atoms with Crippen molar-refractivity contribution in [2.75, 3.05) is 6.54 Å². The van der Waals surface area contributed by atoms with Crippen LogP contribution in [-0.4, -0.2) is 44.8 Å². The molecule has 1 aromatic rings. The molecule has 2 unspecified atom stereocenters. The molecular weight excluding hydrogens is 272 g/mol. The number of likely N-dealkylation sites (tertiary alicyclic amines) is 1. The number of hydrogen-bond donors (Lipinski definition) is 1. The quantitative estimate of drug-likeness (QED) is 0.857. The van der Waals surface area contributed by atoms with Gasteiger partial charge in [-0.25, -0.2) is 0 Å². The van der Waals surface area contributed by atoms with Crippen LogP contribution < -0.4 is 0 Å². The predicted molar refractivity (Wildman–Crippen MR) is 76.3 cm³/mol. The van der Waals surface area contributed by atoms with Gasteiger partial charge in [0.2, 0.25) is 0 Å². The highest BCUT2D eigenvalue weighted by atomic mass is 16.4. The number of rotatable bonds is 3. The van der Waals surface area contributed by atoms with Gasteiger partial charge in [-0.2, -0.15) is 0 Å². The van der Waals surface area contributed by atoms with Crippen LogP contribution in [0.25, 0.3) is 0 Å². The van der Waals surface area contributed by atoms with Gasteiger partial charge in [0.25, 0.3) is 5.91 Å². The molecule has 0 spiro atoms. The molecule has 0 bridgehead atoms. The van der Waals surface area contributed by atoms with Gasteiger partial charge in [0, 0.05) is 31.4 Å². The SMILES string of the molecule is CC(=O)c1cc(C(=O)N2CCC(C(=O)O)CC2C)n(C)c1. The monoisotopic (exact) mass is 292 g/mol. The maximum atomic E-state index is 12.6. The van der Waals surface area contributed by atoms with Crippen LogP contribution in [-0.2, 0) is 11.8 Å². The van der Waals surface area contributed by atoms with Crippen molar-refractivity contribution in [2.24, 2.45) is 13.0 Å². The number of carboxylic acids is 1. The number of carboxylic acid groups (broad SMARTS) is 1. The van der Waals surface area contributed by atoms with Gasteiger partial charge in [-0.1, -0.05) is 0 Å². The summed E-state index contributed by atoms with van der Waals surface area (Å²) < 4.78 is 1.65. The lowest BCUT2D eigenvalue weighted by Crippen LogP contribution is -2.46. The molecule has 6 heteroatoms. The van der Waals surface area contributed by atoms with Crippen molar-refractivity contribution in [1.82, 2.24) is 9.47 Å². The zero-order valence-corrected chi connectivity index (χ0v) is 12.5. The van der Waals surface area contributed by atoms with Crippen LogP contribution in [0.15, 0.2) is 12.3 Å². The average Bonchev–Trinajstić information content (AvgIpc) is 2.80. The Kier molecular flexibility index (Phi) is 4.16. The maximum Gasteiger partial charge on any atom is 0.306 e. The highest BCUT2D eigenvalue weighted by molar-refractivity contribution is 5.99. The predicted octanol–water partition coefficient (Wildman–Crippen LogP) is 1.55. The first kappa shape index (κ1) is 15.3. The van der Waals surface area contributed by atoms with Gasteiger partial charge in [-0.3, -0.25) is 14.4 Å². The van der Waals surface area contributed by atoms with E-state index in [1.807, 2.05) is 6.92 Å². The van der Waals surface area contributed by atoms with E-state index < -0.39 is 5.97 Å². The summed E-state index contributed by atoms with van der Waals surface area (Å²) in [5.74, 6) is -1.42. The van der Waals surface area contributed by atoms with E-state index in [1.165, 1.54) is 6.92 Å². The van der Waals surface area contributed by atoms with E-state index >= 15 is 0 Å². The second-order valence-electron chi connectivity index (χ2n) is 5.69. The number of amides is 1. The number of aliphatic carboxylic acids is 1. The molecule has 2 atom stereocenters. The first-order chi connectivity index (χ1) is 9.81. The van der Waals surface area contributed by atoms with E-state index in [4.69, 9.17) is 5.11 Å². The van der Waals surface area contributed by atoms with Gasteiger partial charge in [0.1, 0.15) is 5.69 Å². The summed E-state index contributed by atoms with van der Waals surface area (Å²) in [7, 11) is 1.73. The van der Waals surface area contributed by atoms with E-state index in [1.54, 1.807) is 28.8 Å². The molecule has 0 aromatic carbocycles. The highest BCUT2D eigenvalue weighted by Crippen LogP contribution is 2.25. The van der Waals surface area contributed by atoms with Gasteiger partial charge in [0.05, 0.1) is 5.92 Å². The summed E-state index contributed by atoms with van der Waals surface area (Å²) in [5, 5.41) is 9.06. The number of carbonyl (C=O) groups excluding carboxylic acids is 2. The summed E-state index contributed by atoms with van der Waals surface area (Å²) in [6.07, 6.45) is 2.57. The van der Waals surface area contributed by atoms with Crippen molar-refractivity contribution in [3.8, 4) is 0 Å². The molecular formula is C15H20N2O4. The van der Waals surface area contributed by atoms with Crippen LogP contribution in [0.4, 0.5) is 0 Å². The molecule has 0 saturated carbocycles. The van der Waals surface area contributed by atoms with E-state index in [0.29, 0.717) is 30.6 Å². The van der Waals surface area contributed by atoms with Gasteiger partial charge in [-0.15, -0.1) is 0 Å². The molecule has 1 fully saturated rings. The molecule has 2 heterocycles. The van der Waals surface area contributed by atoms with Crippen molar-refractivity contribution in [3.05, 3.63) is 23.5 Å². The minimum atomic E-state index is -0.799. The molecule has 1 aliphatic heterocycles. The summed E-state index contributed by atoms with van der Waals surface area (Å²) in [5.41, 5.74) is 0.967. The Balaban J connectivity index is 2.17. The zero-order valence-electron chi connectivity index (χ0n) is 12.5. The fraction of sp³-hybridized carbons (Fsp3) is 0.533. The fourth-order valence-electron chi connectivity index (χ4n) is 2.81. The van der Waals surface area contributed by atoms with Crippen molar-refractivity contribution < 1.29 is 19.5 Å². The Morgan fingerprint density at radius 2 is 2.00 bits per heavy atom. The number of Topliss-reactive ketones (excluding diaryl/α,β-unsaturated/α-hetero) is 1. The Morgan fingerprint density at radius 3 is 2.48 bits per heavy atom. The number of ketones is 1. The van der Waals surface area contributed by atoms with Crippen molar-refractivity contribution >= 4 is 17.7 Å². The van der Waals surface area contributed by atoms with E-state index in [9.17, 15) is 14.4 Å². The van der Waals surface area contributed by atoms with Gasteiger partial charge < -0.3 is 14.6 Å². The molecule has 1 saturated heterocycles. The van der Waals surface area contributed by atoms with E-state index in [2.05, 4.69) is 0 Å². The third kappa shape index (κ3) is 2.99. The molecule has 6 nitrogen and oxygen atoms in total. The third-order valence-electron chi connectivity index (χ3n) is 4.12. The molecule has 0 aliphatic carbocycles. The van der Waals surface area contributed by atoms with Crippen molar-refractivity contribution in [2.45, 2.75) is 32.7 Å². The Hall–Kier alpha value is -2.11. The first-order valence-corrected chi connectivity index (χ1v) is 7.02. The molecule has 0 radical (unpaired) electrons. The normalized spacial score (nSPS) is 22.1. The minimum absolute atomic E-state index is 0.0812. The number of aromatic nitrogens is 1. The number of piperidine rings is 1. The average molecular weight is 292 g/mol. The molecule has 1 N–H and O–H groups in total.